The lowest BCUT2D eigenvalue weighted by Crippen LogP contribution is -2.65. The Bertz CT molecular complexity index is 319. The molecule has 0 aromatic carbocycles. The van der Waals surface area contributed by atoms with Crippen molar-refractivity contribution in [3.8, 4) is 0 Å². The number of carbonyl (C=O) groups is 2. The van der Waals surface area contributed by atoms with Gasteiger partial charge in [-0.1, -0.05) is 0 Å². The highest BCUT2D eigenvalue weighted by Crippen LogP contribution is 2.18. The van der Waals surface area contributed by atoms with Crippen LogP contribution in [-0.2, 0) is 14.3 Å². The van der Waals surface area contributed by atoms with Crippen molar-refractivity contribution in [1.82, 2.24) is 4.90 Å². The van der Waals surface area contributed by atoms with Crippen LogP contribution in [0.4, 0.5) is 0 Å². The first kappa shape index (κ1) is 14.7. The maximum atomic E-state index is 11.3. The van der Waals surface area contributed by atoms with Gasteiger partial charge in [0.2, 0.25) is 5.91 Å². The van der Waals surface area contributed by atoms with E-state index in [4.69, 9.17) is 15.6 Å². The molecule has 6 nitrogen and oxygen atoms in total. The molecule has 0 aromatic heterocycles. The molecule has 1 saturated heterocycles. The first-order valence-electron chi connectivity index (χ1n) is 4.47. The van der Waals surface area contributed by atoms with Gasteiger partial charge in [-0.05, 0) is 12.5 Å². The number of ether oxygens (including phenoxy) is 1. The topological polar surface area (TPSA) is 92.9 Å². The first-order valence-corrected chi connectivity index (χ1v) is 4.47. The Balaban J connectivity index is 0.00000225. The van der Waals surface area contributed by atoms with Crippen molar-refractivity contribution in [1.29, 1.82) is 0 Å². The van der Waals surface area contributed by atoms with Crippen LogP contribution in [0.15, 0.2) is 11.8 Å². The van der Waals surface area contributed by atoms with Gasteiger partial charge in [-0.3, -0.25) is 4.79 Å². The number of carbonyl (C=O) groups excluding carboxylic acids is 1. The molecule has 7 heteroatoms. The van der Waals surface area contributed by atoms with Gasteiger partial charge in [0.15, 0.2) is 6.04 Å². The zero-order valence-electron chi connectivity index (χ0n) is 9.04. The van der Waals surface area contributed by atoms with Crippen LogP contribution in [0.5, 0.6) is 0 Å². The average molecular weight is 251 g/mol. The highest BCUT2D eigenvalue weighted by Gasteiger charge is 2.42. The molecular formula is C9H15ClN2O4. The molecule has 1 rings (SSSR count). The summed E-state index contributed by atoms with van der Waals surface area (Å²) in [6.45, 7) is 1.87. The number of hydrogen-bond acceptors (Lipinski definition) is 4. The fraction of sp³-hybridized carbons (Fsp3) is 0.556. The highest BCUT2D eigenvalue weighted by molar-refractivity contribution is 5.93. The Morgan fingerprint density at radius 2 is 2.31 bits per heavy atom. The third-order valence-corrected chi connectivity index (χ3v) is 2.27. The van der Waals surface area contributed by atoms with E-state index < -0.39 is 18.1 Å². The minimum absolute atomic E-state index is 0. The van der Waals surface area contributed by atoms with Gasteiger partial charge >= 0.3 is 5.97 Å². The third-order valence-electron chi connectivity index (χ3n) is 2.27. The van der Waals surface area contributed by atoms with E-state index in [0.29, 0.717) is 5.57 Å². The molecule has 1 aliphatic rings. The molecule has 0 aromatic rings. The molecule has 1 amide bonds. The molecule has 2 atom stereocenters. The summed E-state index contributed by atoms with van der Waals surface area (Å²) < 4.78 is 4.72. The van der Waals surface area contributed by atoms with Crippen molar-refractivity contribution in [3.63, 3.8) is 0 Å². The number of aliphatic carboxylic acids is 1. The molecule has 92 valence electrons. The number of methoxy groups -OCH3 is 1. The number of β-lactam (4-membered cyclic amide) rings is 1. The molecule has 16 heavy (non-hydrogen) atoms. The van der Waals surface area contributed by atoms with Gasteiger partial charge in [0.25, 0.3) is 0 Å². The van der Waals surface area contributed by atoms with Crippen LogP contribution in [-0.4, -0.2) is 47.6 Å². The van der Waals surface area contributed by atoms with Crippen LogP contribution < -0.4 is 5.73 Å². The lowest BCUT2D eigenvalue weighted by molar-refractivity contribution is -0.156. The summed E-state index contributed by atoms with van der Waals surface area (Å²) in [7, 11) is 1.42. The maximum absolute atomic E-state index is 11.3. The molecule has 0 radical (unpaired) electrons. The molecule has 1 heterocycles. The van der Waals surface area contributed by atoms with E-state index in [1.807, 2.05) is 0 Å². The van der Waals surface area contributed by atoms with Crippen molar-refractivity contribution >= 4 is 24.3 Å². The molecule has 1 fully saturated rings. The summed E-state index contributed by atoms with van der Waals surface area (Å²) in [4.78, 5) is 23.5. The summed E-state index contributed by atoms with van der Waals surface area (Å²) in [5, 5.41) is 8.98. The van der Waals surface area contributed by atoms with Crippen LogP contribution >= 0.6 is 12.4 Å². The minimum atomic E-state index is -1.08. The lowest BCUT2D eigenvalue weighted by atomic mass is 10.0. The van der Waals surface area contributed by atoms with Crippen molar-refractivity contribution in [2.24, 2.45) is 5.73 Å². The number of nitrogens with zero attached hydrogens (tertiary/aromatic N) is 1. The van der Waals surface area contributed by atoms with Crippen molar-refractivity contribution in [2.75, 3.05) is 13.7 Å². The lowest BCUT2D eigenvalue weighted by Gasteiger charge is -2.40. The fourth-order valence-electron chi connectivity index (χ4n) is 1.54. The summed E-state index contributed by atoms with van der Waals surface area (Å²) in [5.41, 5.74) is 5.85. The first-order chi connectivity index (χ1) is 6.99. The van der Waals surface area contributed by atoms with Gasteiger partial charge in [0.1, 0.15) is 6.04 Å². The Kier molecular flexibility index (Phi) is 5.26. The monoisotopic (exact) mass is 250 g/mol. The van der Waals surface area contributed by atoms with Gasteiger partial charge in [-0.2, -0.15) is 0 Å². The van der Waals surface area contributed by atoms with Crippen LogP contribution in [0, 0.1) is 0 Å². The van der Waals surface area contributed by atoms with E-state index in [9.17, 15) is 9.59 Å². The fourth-order valence-corrected chi connectivity index (χ4v) is 1.54. The second-order valence-corrected chi connectivity index (χ2v) is 3.44. The van der Waals surface area contributed by atoms with Crippen LogP contribution in [0.1, 0.15) is 6.92 Å². The Morgan fingerprint density at radius 3 is 2.62 bits per heavy atom. The third kappa shape index (κ3) is 2.65. The summed E-state index contributed by atoms with van der Waals surface area (Å²) in [6.07, 6.45) is 1.32. The SMILES string of the molecule is COC=C(C)C(C(=O)O)N1CC(N)C1=O.Cl. The molecule has 0 spiro atoms. The molecule has 0 aliphatic carbocycles. The van der Waals surface area contributed by atoms with Gasteiger partial charge in [-0.15, -0.1) is 12.4 Å². The molecule has 2 unspecified atom stereocenters. The van der Waals surface area contributed by atoms with Crippen molar-refractivity contribution in [2.45, 2.75) is 19.0 Å². The van der Waals surface area contributed by atoms with Gasteiger partial charge in [0.05, 0.1) is 13.4 Å². The average Bonchev–Trinajstić information content (AvgIpc) is 2.17. The summed E-state index contributed by atoms with van der Waals surface area (Å²) in [5.74, 6) is -1.42. The number of hydrogen-bond donors (Lipinski definition) is 2. The molecule has 1 aliphatic heterocycles. The second-order valence-electron chi connectivity index (χ2n) is 3.44. The quantitative estimate of drug-likeness (QED) is 0.522. The number of likely N-dealkylation sites (tertiary alicyclic amines) is 1. The zero-order chi connectivity index (χ0) is 11.6. The van der Waals surface area contributed by atoms with Crippen molar-refractivity contribution < 1.29 is 19.4 Å². The number of nitrogens with two attached hydrogens (primary N) is 1. The number of rotatable bonds is 4. The van der Waals surface area contributed by atoms with Gasteiger partial charge in [0, 0.05) is 6.54 Å². The number of carboxylic acids is 1. The number of amides is 1. The van der Waals surface area contributed by atoms with Gasteiger partial charge in [-0.25, -0.2) is 4.79 Å². The van der Waals surface area contributed by atoms with Crippen LogP contribution in [0.3, 0.4) is 0 Å². The smallest absolute Gasteiger partial charge is 0.330 e. The normalized spacial score (nSPS) is 21.9. The summed E-state index contributed by atoms with van der Waals surface area (Å²) in [6, 6.07) is -1.54. The Hall–Kier alpha value is -1.27. The zero-order valence-corrected chi connectivity index (χ0v) is 9.86. The largest absolute Gasteiger partial charge is 0.504 e. The van der Waals surface area contributed by atoms with E-state index in [2.05, 4.69) is 0 Å². The minimum Gasteiger partial charge on any atom is -0.504 e. The number of halogens is 1. The predicted molar refractivity (Wildman–Crippen MR) is 59.1 cm³/mol. The van der Waals surface area contributed by atoms with E-state index in [1.165, 1.54) is 18.3 Å². The number of carboxylic acid groups (broad SMARTS) is 1. The molecule has 0 bridgehead atoms. The predicted octanol–water partition coefficient (Wildman–Crippen LogP) is -0.419. The maximum Gasteiger partial charge on any atom is 0.330 e. The molecule has 3 N–H and O–H groups in total. The highest BCUT2D eigenvalue weighted by atomic mass is 35.5. The van der Waals surface area contributed by atoms with E-state index in [-0.39, 0.29) is 24.9 Å². The molecular weight excluding hydrogens is 236 g/mol. The van der Waals surface area contributed by atoms with E-state index in [1.54, 1.807) is 6.92 Å². The second kappa shape index (κ2) is 5.72. The van der Waals surface area contributed by atoms with Crippen LogP contribution in [0.2, 0.25) is 0 Å². The van der Waals surface area contributed by atoms with Crippen LogP contribution in [0.25, 0.3) is 0 Å². The molecule has 0 saturated carbocycles. The Morgan fingerprint density at radius 1 is 1.75 bits per heavy atom. The standard InChI is InChI=1S/C9H14N2O4.ClH/c1-5(4-15-2)7(9(13)14)11-3-6(10)8(11)12;/h4,6-7H,3,10H2,1-2H3,(H,13,14);1H. The van der Waals surface area contributed by atoms with Crippen molar-refractivity contribution in [3.05, 3.63) is 11.8 Å². The summed E-state index contributed by atoms with van der Waals surface area (Å²) >= 11 is 0. The Labute approximate surface area is 99.4 Å². The van der Waals surface area contributed by atoms with E-state index in [0.717, 1.165) is 0 Å². The van der Waals surface area contributed by atoms with E-state index >= 15 is 0 Å². The van der Waals surface area contributed by atoms with Gasteiger partial charge < -0.3 is 20.5 Å².